The van der Waals surface area contributed by atoms with E-state index in [-0.39, 0.29) is 0 Å². The molecule has 2 aromatic rings. The second kappa shape index (κ2) is 6.54. The quantitative estimate of drug-likeness (QED) is 0.840. The zero-order valence-electron chi connectivity index (χ0n) is 12.4. The highest BCUT2D eigenvalue weighted by molar-refractivity contribution is 9.10. The molecular formula is C16H18BrN3S. The van der Waals surface area contributed by atoms with E-state index < -0.39 is 0 Å². The molecule has 3 nitrogen and oxygen atoms in total. The number of nitrogens with zero attached hydrogens (tertiary/aromatic N) is 2. The molecule has 0 bridgehead atoms. The minimum Gasteiger partial charge on any atom is -0.389 e. The first-order valence-electron chi connectivity index (χ1n) is 6.62. The van der Waals surface area contributed by atoms with Crippen molar-refractivity contribution in [3.05, 3.63) is 57.3 Å². The van der Waals surface area contributed by atoms with Crippen molar-refractivity contribution in [1.29, 1.82) is 0 Å². The van der Waals surface area contributed by atoms with Crippen molar-refractivity contribution in [2.24, 2.45) is 5.73 Å². The van der Waals surface area contributed by atoms with E-state index in [4.69, 9.17) is 18.0 Å². The van der Waals surface area contributed by atoms with Crippen LogP contribution in [0.25, 0.3) is 0 Å². The maximum atomic E-state index is 5.88. The van der Waals surface area contributed by atoms with E-state index in [0.29, 0.717) is 4.99 Å². The second-order valence-electron chi connectivity index (χ2n) is 5.09. The van der Waals surface area contributed by atoms with Crippen molar-refractivity contribution in [3.8, 4) is 0 Å². The summed E-state index contributed by atoms with van der Waals surface area (Å²) in [5.74, 6) is 0. The Morgan fingerprint density at radius 2 is 2.05 bits per heavy atom. The fraction of sp³-hybridized carbons (Fsp3) is 0.250. The lowest BCUT2D eigenvalue weighted by atomic mass is 10.1. The van der Waals surface area contributed by atoms with Gasteiger partial charge in [0.25, 0.3) is 0 Å². The minimum atomic E-state index is 0.385. The maximum Gasteiger partial charge on any atom is 0.107 e. The number of nitrogens with two attached hydrogens (primary N) is 1. The van der Waals surface area contributed by atoms with Crippen LogP contribution in [-0.4, -0.2) is 17.0 Å². The van der Waals surface area contributed by atoms with Crippen LogP contribution in [0.2, 0.25) is 0 Å². The third-order valence-corrected chi connectivity index (χ3v) is 3.97. The number of pyridine rings is 1. The van der Waals surface area contributed by atoms with Crippen LogP contribution >= 0.6 is 28.1 Å². The van der Waals surface area contributed by atoms with Gasteiger partial charge in [0.1, 0.15) is 4.99 Å². The fourth-order valence-electron chi connectivity index (χ4n) is 2.41. The van der Waals surface area contributed by atoms with E-state index in [1.165, 1.54) is 5.56 Å². The van der Waals surface area contributed by atoms with Crippen LogP contribution in [-0.2, 0) is 6.54 Å². The van der Waals surface area contributed by atoms with Crippen LogP contribution in [0.1, 0.15) is 22.5 Å². The van der Waals surface area contributed by atoms with Gasteiger partial charge >= 0.3 is 0 Å². The Balaban J connectivity index is 2.39. The van der Waals surface area contributed by atoms with E-state index in [1.54, 1.807) is 0 Å². The normalized spacial score (nSPS) is 10.5. The smallest absolute Gasteiger partial charge is 0.107 e. The van der Waals surface area contributed by atoms with Gasteiger partial charge in [-0.2, -0.15) is 0 Å². The largest absolute Gasteiger partial charge is 0.389 e. The number of aryl methyl sites for hydroxylation is 2. The predicted molar refractivity (Wildman–Crippen MR) is 95.8 cm³/mol. The van der Waals surface area contributed by atoms with Crippen molar-refractivity contribution < 1.29 is 0 Å². The molecule has 0 saturated carbocycles. The van der Waals surface area contributed by atoms with Crippen LogP contribution < -0.4 is 10.6 Å². The molecule has 0 aliphatic carbocycles. The molecule has 0 unspecified atom stereocenters. The third-order valence-electron chi connectivity index (χ3n) is 3.27. The van der Waals surface area contributed by atoms with E-state index >= 15 is 0 Å². The number of hydrogen-bond acceptors (Lipinski definition) is 3. The van der Waals surface area contributed by atoms with Gasteiger partial charge in [0.05, 0.1) is 11.3 Å². The lowest BCUT2D eigenvalue weighted by Crippen LogP contribution is -2.23. The monoisotopic (exact) mass is 363 g/mol. The number of hydrogen-bond donors (Lipinski definition) is 1. The van der Waals surface area contributed by atoms with Crippen molar-refractivity contribution in [3.63, 3.8) is 0 Å². The maximum absolute atomic E-state index is 5.88. The van der Waals surface area contributed by atoms with Gasteiger partial charge in [0.2, 0.25) is 0 Å². The van der Waals surface area contributed by atoms with Crippen molar-refractivity contribution >= 4 is 38.8 Å². The van der Waals surface area contributed by atoms with Crippen molar-refractivity contribution in [1.82, 2.24) is 4.98 Å². The van der Waals surface area contributed by atoms with Gasteiger partial charge in [0.15, 0.2) is 0 Å². The SMILES string of the molecule is Cc1cc(N(C)Cc2cccc(Br)c2)c(C(N)=S)c(C)n1. The summed E-state index contributed by atoms with van der Waals surface area (Å²) in [6, 6.07) is 10.3. The Morgan fingerprint density at radius 1 is 1.33 bits per heavy atom. The van der Waals surface area contributed by atoms with Gasteiger partial charge in [-0.25, -0.2) is 0 Å². The summed E-state index contributed by atoms with van der Waals surface area (Å²) in [5.41, 5.74) is 10.8. The number of aromatic nitrogens is 1. The molecule has 0 saturated heterocycles. The Kier molecular flexibility index (Phi) is 4.96. The zero-order chi connectivity index (χ0) is 15.6. The molecule has 0 amide bonds. The van der Waals surface area contributed by atoms with Crippen LogP contribution in [0.15, 0.2) is 34.8 Å². The first kappa shape index (κ1) is 15.9. The van der Waals surface area contributed by atoms with Crippen LogP contribution in [0.3, 0.4) is 0 Å². The van der Waals surface area contributed by atoms with Gasteiger partial charge in [-0.1, -0.05) is 40.3 Å². The Bertz CT molecular complexity index is 685. The molecule has 1 heterocycles. The average Bonchev–Trinajstić information content (AvgIpc) is 2.37. The van der Waals surface area contributed by atoms with E-state index in [2.05, 4.69) is 37.9 Å². The third kappa shape index (κ3) is 3.80. The Hall–Kier alpha value is -1.46. The average molecular weight is 364 g/mol. The van der Waals surface area contributed by atoms with Gasteiger partial charge in [-0.05, 0) is 37.6 Å². The molecular weight excluding hydrogens is 346 g/mol. The van der Waals surface area contributed by atoms with E-state index in [9.17, 15) is 0 Å². The molecule has 1 aromatic carbocycles. The molecule has 5 heteroatoms. The summed E-state index contributed by atoms with van der Waals surface area (Å²) in [7, 11) is 2.04. The molecule has 0 fully saturated rings. The van der Waals surface area contributed by atoms with Crippen LogP contribution in [0.5, 0.6) is 0 Å². The highest BCUT2D eigenvalue weighted by Crippen LogP contribution is 2.25. The number of thiocarbonyl (C=S) groups is 1. The van der Waals surface area contributed by atoms with Crippen LogP contribution in [0, 0.1) is 13.8 Å². The molecule has 0 radical (unpaired) electrons. The van der Waals surface area contributed by atoms with Gasteiger partial charge in [0, 0.05) is 29.5 Å². The Labute approximate surface area is 139 Å². The highest BCUT2D eigenvalue weighted by atomic mass is 79.9. The number of benzene rings is 1. The molecule has 110 valence electrons. The van der Waals surface area contributed by atoms with E-state index in [1.807, 2.05) is 39.1 Å². The van der Waals surface area contributed by atoms with Gasteiger partial charge in [-0.3, -0.25) is 4.98 Å². The molecule has 0 aliphatic rings. The lowest BCUT2D eigenvalue weighted by Gasteiger charge is -2.24. The molecule has 2 rings (SSSR count). The molecule has 0 atom stereocenters. The minimum absolute atomic E-state index is 0.385. The first-order chi connectivity index (χ1) is 9.88. The standard InChI is InChI=1S/C16H18BrN3S/c1-10-7-14(15(16(18)21)11(2)19-10)20(3)9-12-5-4-6-13(17)8-12/h4-8H,9H2,1-3H3,(H2,18,21). The molecule has 21 heavy (non-hydrogen) atoms. The van der Waals surface area contributed by atoms with Gasteiger partial charge in [-0.15, -0.1) is 0 Å². The first-order valence-corrected chi connectivity index (χ1v) is 7.82. The van der Waals surface area contributed by atoms with Crippen molar-refractivity contribution in [2.75, 3.05) is 11.9 Å². The summed E-state index contributed by atoms with van der Waals surface area (Å²) < 4.78 is 1.07. The fourth-order valence-corrected chi connectivity index (χ4v) is 3.11. The number of anilines is 1. The summed E-state index contributed by atoms with van der Waals surface area (Å²) in [5, 5.41) is 0. The second-order valence-corrected chi connectivity index (χ2v) is 6.45. The summed E-state index contributed by atoms with van der Waals surface area (Å²) >= 11 is 8.69. The number of halogens is 1. The Morgan fingerprint density at radius 3 is 2.67 bits per heavy atom. The highest BCUT2D eigenvalue weighted by Gasteiger charge is 2.14. The predicted octanol–water partition coefficient (Wildman–Crippen LogP) is 3.73. The molecule has 0 spiro atoms. The van der Waals surface area contributed by atoms with E-state index in [0.717, 1.165) is 33.7 Å². The number of rotatable bonds is 4. The van der Waals surface area contributed by atoms with Crippen LogP contribution in [0.4, 0.5) is 5.69 Å². The summed E-state index contributed by atoms with van der Waals surface area (Å²) in [6.07, 6.45) is 0. The lowest BCUT2D eigenvalue weighted by molar-refractivity contribution is 0.912. The topological polar surface area (TPSA) is 42.1 Å². The molecule has 2 N–H and O–H groups in total. The molecule has 0 aliphatic heterocycles. The summed E-state index contributed by atoms with van der Waals surface area (Å²) in [6.45, 7) is 4.70. The van der Waals surface area contributed by atoms with Gasteiger partial charge < -0.3 is 10.6 Å². The molecule has 1 aromatic heterocycles. The zero-order valence-corrected chi connectivity index (χ0v) is 14.8. The summed E-state index contributed by atoms with van der Waals surface area (Å²) in [4.78, 5) is 6.99. The van der Waals surface area contributed by atoms with Crippen molar-refractivity contribution in [2.45, 2.75) is 20.4 Å².